The standard InChI is InChI=1S/C18H30N2/c1-2-12-20-18(14-16-9-8-13-19-15-16)17-10-6-4-3-5-7-11-17/h8-9,13,15,17-18,20H,2-7,10-12,14H2,1H3. The molecular weight excluding hydrogens is 244 g/mol. The second-order valence-electron chi connectivity index (χ2n) is 6.23. The first kappa shape index (κ1) is 15.5. The van der Waals surface area contributed by atoms with E-state index < -0.39 is 0 Å². The molecular formula is C18H30N2. The topological polar surface area (TPSA) is 24.9 Å². The summed E-state index contributed by atoms with van der Waals surface area (Å²) in [4.78, 5) is 4.27. The Kier molecular flexibility index (Phi) is 7.07. The van der Waals surface area contributed by atoms with Crippen LogP contribution in [0.3, 0.4) is 0 Å². The largest absolute Gasteiger partial charge is 0.313 e. The lowest BCUT2D eigenvalue weighted by Crippen LogP contribution is -2.39. The summed E-state index contributed by atoms with van der Waals surface area (Å²) in [6.07, 6.45) is 16.2. The van der Waals surface area contributed by atoms with Gasteiger partial charge in [-0.25, -0.2) is 0 Å². The third kappa shape index (κ3) is 5.24. The number of hydrogen-bond acceptors (Lipinski definition) is 2. The first-order valence-electron chi connectivity index (χ1n) is 8.52. The molecule has 1 N–H and O–H groups in total. The highest BCUT2D eigenvalue weighted by Gasteiger charge is 2.21. The Hall–Kier alpha value is -0.890. The Bertz CT molecular complexity index is 342. The molecule has 0 amide bonds. The molecule has 0 saturated heterocycles. The molecule has 1 saturated carbocycles. The van der Waals surface area contributed by atoms with E-state index in [1.165, 1.54) is 56.9 Å². The van der Waals surface area contributed by atoms with Gasteiger partial charge in [0.15, 0.2) is 0 Å². The number of rotatable bonds is 6. The van der Waals surface area contributed by atoms with Crippen LogP contribution < -0.4 is 5.32 Å². The minimum absolute atomic E-state index is 0.636. The normalized spacial score (nSPS) is 19.2. The quantitative estimate of drug-likeness (QED) is 0.834. The summed E-state index contributed by atoms with van der Waals surface area (Å²) >= 11 is 0. The van der Waals surface area contributed by atoms with Gasteiger partial charge < -0.3 is 5.32 Å². The third-order valence-corrected chi connectivity index (χ3v) is 4.55. The van der Waals surface area contributed by atoms with E-state index in [9.17, 15) is 0 Å². The van der Waals surface area contributed by atoms with Gasteiger partial charge in [-0.2, -0.15) is 0 Å². The molecule has 1 aromatic rings. The van der Waals surface area contributed by atoms with Crippen molar-refractivity contribution in [2.45, 2.75) is 70.8 Å². The fourth-order valence-corrected chi connectivity index (χ4v) is 3.40. The predicted molar refractivity (Wildman–Crippen MR) is 85.8 cm³/mol. The first-order valence-corrected chi connectivity index (χ1v) is 8.52. The molecule has 1 fully saturated rings. The van der Waals surface area contributed by atoms with Crippen molar-refractivity contribution in [1.82, 2.24) is 10.3 Å². The minimum Gasteiger partial charge on any atom is -0.313 e. The van der Waals surface area contributed by atoms with Gasteiger partial charge in [-0.1, -0.05) is 45.1 Å². The maximum absolute atomic E-state index is 4.27. The van der Waals surface area contributed by atoms with Crippen molar-refractivity contribution in [1.29, 1.82) is 0 Å². The zero-order valence-electron chi connectivity index (χ0n) is 13.0. The second-order valence-corrected chi connectivity index (χ2v) is 6.23. The van der Waals surface area contributed by atoms with Crippen LogP contribution in [0, 0.1) is 5.92 Å². The molecule has 0 aromatic carbocycles. The predicted octanol–water partition coefficient (Wildman–Crippen LogP) is 4.35. The molecule has 0 bridgehead atoms. The van der Waals surface area contributed by atoms with Gasteiger partial charge >= 0.3 is 0 Å². The van der Waals surface area contributed by atoms with Gasteiger partial charge in [-0.05, 0) is 49.8 Å². The van der Waals surface area contributed by atoms with Crippen LogP contribution in [-0.2, 0) is 6.42 Å². The van der Waals surface area contributed by atoms with Gasteiger partial charge in [0, 0.05) is 18.4 Å². The lowest BCUT2D eigenvalue weighted by atomic mass is 9.83. The van der Waals surface area contributed by atoms with Crippen molar-refractivity contribution in [3.05, 3.63) is 30.1 Å². The Morgan fingerprint density at radius 1 is 1.20 bits per heavy atom. The Labute approximate surface area is 124 Å². The van der Waals surface area contributed by atoms with Gasteiger partial charge in [0.05, 0.1) is 0 Å². The molecule has 1 aliphatic carbocycles. The fourth-order valence-electron chi connectivity index (χ4n) is 3.40. The zero-order chi connectivity index (χ0) is 14.0. The van der Waals surface area contributed by atoms with Crippen LogP contribution in [0.4, 0.5) is 0 Å². The summed E-state index contributed by atoms with van der Waals surface area (Å²) in [5.41, 5.74) is 1.38. The maximum Gasteiger partial charge on any atom is 0.0300 e. The van der Waals surface area contributed by atoms with E-state index in [2.05, 4.69) is 29.4 Å². The molecule has 20 heavy (non-hydrogen) atoms. The monoisotopic (exact) mass is 274 g/mol. The van der Waals surface area contributed by atoms with Crippen molar-refractivity contribution in [2.24, 2.45) is 5.92 Å². The molecule has 0 radical (unpaired) electrons. The molecule has 0 spiro atoms. The first-order chi connectivity index (χ1) is 9.90. The Balaban J connectivity index is 1.97. The van der Waals surface area contributed by atoms with Crippen LogP contribution in [0.1, 0.15) is 63.9 Å². The number of nitrogens with zero attached hydrogens (tertiary/aromatic N) is 1. The second kappa shape index (κ2) is 9.12. The van der Waals surface area contributed by atoms with E-state index in [4.69, 9.17) is 0 Å². The Morgan fingerprint density at radius 2 is 1.95 bits per heavy atom. The molecule has 1 atom stereocenters. The van der Waals surface area contributed by atoms with E-state index >= 15 is 0 Å². The molecule has 1 unspecified atom stereocenters. The van der Waals surface area contributed by atoms with Gasteiger partial charge in [0.25, 0.3) is 0 Å². The molecule has 1 aliphatic rings. The summed E-state index contributed by atoms with van der Waals surface area (Å²) in [6.45, 7) is 3.40. The van der Waals surface area contributed by atoms with Crippen LogP contribution in [-0.4, -0.2) is 17.6 Å². The van der Waals surface area contributed by atoms with Gasteiger partial charge in [-0.3, -0.25) is 4.98 Å². The van der Waals surface area contributed by atoms with Crippen molar-refractivity contribution in [3.8, 4) is 0 Å². The molecule has 2 rings (SSSR count). The molecule has 112 valence electrons. The summed E-state index contributed by atoms with van der Waals surface area (Å²) < 4.78 is 0. The van der Waals surface area contributed by atoms with E-state index in [1.54, 1.807) is 0 Å². The van der Waals surface area contributed by atoms with Crippen LogP contribution >= 0.6 is 0 Å². The maximum atomic E-state index is 4.27. The third-order valence-electron chi connectivity index (χ3n) is 4.55. The van der Waals surface area contributed by atoms with E-state index in [1.807, 2.05) is 12.4 Å². The summed E-state index contributed by atoms with van der Waals surface area (Å²) in [5.74, 6) is 0.849. The lowest BCUT2D eigenvalue weighted by Gasteiger charge is -2.30. The molecule has 0 aliphatic heterocycles. The number of pyridine rings is 1. The number of nitrogens with one attached hydrogen (secondary N) is 1. The van der Waals surface area contributed by atoms with Crippen LogP contribution in [0.15, 0.2) is 24.5 Å². The summed E-state index contributed by atoms with van der Waals surface area (Å²) in [6, 6.07) is 4.92. The minimum atomic E-state index is 0.636. The van der Waals surface area contributed by atoms with Crippen LogP contribution in [0.5, 0.6) is 0 Å². The summed E-state index contributed by atoms with van der Waals surface area (Å²) in [7, 11) is 0. The molecule has 1 aromatic heterocycles. The van der Waals surface area contributed by atoms with E-state index in [0.29, 0.717) is 6.04 Å². The van der Waals surface area contributed by atoms with Crippen molar-refractivity contribution >= 4 is 0 Å². The highest BCUT2D eigenvalue weighted by Crippen LogP contribution is 2.26. The zero-order valence-corrected chi connectivity index (χ0v) is 13.0. The van der Waals surface area contributed by atoms with Gasteiger partial charge in [0.1, 0.15) is 0 Å². The average molecular weight is 274 g/mol. The SMILES string of the molecule is CCCNC(Cc1cccnc1)C1CCCCCCC1. The lowest BCUT2D eigenvalue weighted by molar-refractivity contribution is 0.283. The van der Waals surface area contributed by atoms with Crippen molar-refractivity contribution in [2.75, 3.05) is 6.54 Å². The van der Waals surface area contributed by atoms with Gasteiger partial charge in [-0.15, -0.1) is 0 Å². The van der Waals surface area contributed by atoms with Crippen LogP contribution in [0.25, 0.3) is 0 Å². The average Bonchev–Trinajstić information content (AvgIpc) is 2.45. The number of aromatic nitrogens is 1. The highest BCUT2D eigenvalue weighted by atomic mass is 14.9. The van der Waals surface area contributed by atoms with Crippen LogP contribution in [0.2, 0.25) is 0 Å². The number of hydrogen-bond donors (Lipinski definition) is 1. The molecule has 1 heterocycles. The molecule has 2 nitrogen and oxygen atoms in total. The Morgan fingerprint density at radius 3 is 2.60 bits per heavy atom. The van der Waals surface area contributed by atoms with E-state index in [0.717, 1.165) is 18.9 Å². The molecule has 2 heteroatoms. The van der Waals surface area contributed by atoms with E-state index in [-0.39, 0.29) is 0 Å². The summed E-state index contributed by atoms with van der Waals surface area (Å²) in [5, 5.41) is 3.81. The van der Waals surface area contributed by atoms with Crippen molar-refractivity contribution in [3.63, 3.8) is 0 Å². The smallest absolute Gasteiger partial charge is 0.0300 e. The highest BCUT2D eigenvalue weighted by molar-refractivity contribution is 5.10. The fraction of sp³-hybridized carbons (Fsp3) is 0.722. The van der Waals surface area contributed by atoms with Gasteiger partial charge in [0.2, 0.25) is 0 Å². The van der Waals surface area contributed by atoms with Crippen molar-refractivity contribution < 1.29 is 0 Å².